The van der Waals surface area contributed by atoms with Gasteiger partial charge in [0, 0.05) is 18.4 Å². The van der Waals surface area contributed by atoms with Crippen molar-refractivity contribution in [2.24, 2.45) is 11.8 Å². The number of amides is 1. The maximum atomic E-state index is 11.9. The van der Waals surface area contributed by atoms with Gasteiger partial charge in [-0.1, -0.05) is 5.57 Å². The largest absolute Gasteiger partial charge is 0.456 e. The maximum Gasteiger partial charge on any atom is 0.331 e. The van der Waals surface area contributed by atoms with E-state index in [0.717, 1.165) is 0 Å². The third kappa shape index (κ3) is 4.14. The molecule has 2 saturated carbocycles. The topological polar surface area (TPSA) is 68.3 Å². The molecule has 1 N–H and O–H groups in total. The lowest BCUT2D eigenvalue weighted by atomic mass is 10.1. The van der Waals surface area contributed by atoms with Gasteiger partial charge in [0.15, 0.2) is 5.13 Å². The highest BCUT2D eigenvalue weighted by Crippen LogP contribution is 2.48. The van der Waals surface area contributed by atoms with Crippen LogP contribution in [0.25, 0.3) is 0 Å². The molecule has 2 fully saturated rings. The number of anilines is 1. The molecule has 5 nitrogen and oxygen atoms in total. The van der Waals surface area contributed by atoms with Crippen LogP contribution in [0.15, 0.2) is 17.0 Å². The first-order valence-electron chi connectivity index (χ1n) is 7.22. The number of hydrogen-bond donors (Lipinski definition) is 1. The van der Waals surface area contributed by atoms with E-state index in [2.05, 4.69) is 10.3 Å². The summed E-state index contributed by atoms with van der Waals surface area (Å²) in [6.07, 6.45) is 6.53. The zero-order valence-corrected chi connectivity index (χ0v) is 12.7. The minimum Gasteiger partial charge on any atom is -0.456 e. The number of thiazole rings is 1. The van der Waals surface area contributed by atoms with E-state index in [-0.39, 0.29) is 18.5 Å². The van der Waals surface area contributed by atoms with E-state index in [9.17, 15) is 9.59 Å². The van der Waals surface area contributed by atoms with Crippen LogP contribution in [-0.4, -0.2) is 16.9 Å². The Morgan fingerprint density at radius 2 is 2.05 bits per heavy atom. The number of ether oxygens (including phenoxy) is 1. The van der Waals surface area contributed by atoms with Gasteiger partial charge in [-0.3, -0.25) is 4.79 Å². The standard InChI is InChI=1S/C15H18N2O3S/c1-9(18)16-15-17-12(8-21-15)7-20-14(19)6-13(10-2-3-10)11-4-5-11/h6,8,10-11H,2-5,7H2,1H3,(H,16,17,18). The van der Waals surface area contributed by atoms with E-state index in [1.807, 2.05) is 0 Å². The van der Waals surface area contributed by atoms with Crippen molar-refractivity contribution in [3.8, 4) is 0 Å². The number of allylic oxidation sites excluding steroid dienone is 1. The predicted molar refractivity (Wildman–Crippen MR) is 79.7 cm³/mol. The Morgan fingerprint density at radius 1 is 1.38 bits per heavy atom. The van der Waals surface area contributed by atoms with Gasteiger partial charge in [-0.05, 0) is 37.5 Å². The Bertz CT molecular complexity index is 571. The number of carbonyl (C=O) groups is 2. The van der Waals surface area contributed by atoms with Gasteiger partial charge in [-0.15, -0.1) is 11.3 Å². The minimum atomic E-state index is -0.280. The molecule has 0 aromatic carbocycles. The van der Waals surface area contributed by atoms with Crippen LogP contribution in [0.4, 0.5) is 5.13 Å². The summed E-state index contributed by atoms with van der Waals surface area (Å²) >= 11 is 1.32. The number of aromatic nitrogens is 1. The minimum absolute atomic E-state index is 0.147. The SMILES string of the molecule is CC(=O)Nc1nc(COC(=O)C=C(C2CC2)C2CC2)cs1. The molecule has 1 amide bonds. The fraction of sp³-hybridized carbons (Fsp3) is 0.533. The average Bonchev–Trinajstić information content (AvgIpc) is 3.32. The normalized spacial score (nSPS) is 17.2. The lowest BCUT2D eigenvalue weighted by molar-refractivity contribution is -0.139. The Balaban J connectivity index is 1.52. The Kier molecular flexibility index (Phi) is 4.05. The first kappa shape index (κ1) is 14.3. The van der Waals surface area contributed by atoms with Crippen molar-refractivity contribution < 1.29 is 14.3 Å². The first-order chi connectivity index (χ1) is 10.1. The lowest BCUT2D eigenvalue weighted by Crippen LogP contribution is -2.06. The molecule has 0 spiro atoms. The van der Waals surface area contributed by atoms with E-state index in [4.69, 9.17) is 4.74 Å². The van der Waals surface area contributed by atoms with Gasteiger partial charge in [0.1, 0.15) is 6.61 Å². The monoisotopic (exact) mass is 306 g/mol. The van der Waals surface area contributed by atoms with Crippen molar-refractivity contribution in [1.29, 1.82) is 0 Å². The summed E-state index contributed by atoms with van der Waals surface area (Å²) in [5.74, 6) is 0.804. The highest BCUT2D eigenvalue weighted by atomic mass is 32.1. The molecule has 0 atom stereocenters. The van der Waals surface area contributed by atoms with Gasteiger partial charge < -0.3 is 10.1 Å². The molecule has 2 aliphatic rings. The number of rotatable bonds is 6. The molecule has 1 aromatic heterocycles. The molecule has 1 heterocycles. The maximum absolute atomic E-state index is 11.9. The number of hydrogen-bond acceptors (Lipinski definition) is 5. The summed E-state index contributed by atoms with van der Waals surface area (Å²) in [4.78, 5) is 27.0. The number of nitrogens with zero attached hydrogens (tertiary/aromatic N) is 1. The Labute approximate surface area is 127 Å². The van der Waals surface area contributed by atoms with E-state index in [1.54, 1.807) is 11.5 Å². The molecule has 112 valence electrons. The van der Waals surface area contributed by atoms with Gasteiger partial charge in [-0.2, -0.15) is 0 Å². The van der Waals surface area contributed by atoms with Gasteiger partial charge in [0.05, 0.1) is 5.69 Å². The third-order valence-corrected chi connectivity index (χ3v) is 4.39. The fourth-order valence-corrected chi connectivity index (χ4v) is 3.05. The van der Waals surface area contributed by atoms with E-state index < -0.39 is 0 Å². The van der Waals surface area contributed by atoms with Crippen LogP contribution in [-0.2, 0) is 20.9 Å². The molecule has 0 saturated heterocycles. The molecule has 2 aliphatic carbocycles. The smallest absolute Gasteiger partial charge is 0.331 e. The summed E-state index contributed by atoms with van der Waals surface area (Å²) in [7, 11) is 0. The highest BCUT2D eigenvalue weighted by Gasteiger charge is 2.36. The molecule has 6 heteroatoms. The second-order valence-electron chi connectivity index (χ2n) is 5.63. The summed E-state index contributed by atoms with van der Waals surface area (Å²) in [6, 6.07) is 0. The van der Waals surface area contributed by atoms with Crippen molar-refractivity contribution in [3.05, 3.63) is 22.7 Å². The summed E-state index contributed by atoms with van der Waals surface area (Å²) in [6.45, 7) is 1.58. The van der Waals surface area contributed by atoms with Crippen LogP contribution in [0.1, 0.15) is 38.3 Å². The average molecular weight is 306 g/mol. The molecular formula is C15H18N2O3S. The molecule has 0 radical (unpaired) electrons. The van der Waals surface area contributed by atoms with Gasteiger partial charge in [0.2, 0.25) is 5.91 Å². The number of esters is 1. The molecule has 0 aliphatic heterocycles. The second kappa shape index (κ2) is 5.97. The van der Waals surface area contributed by atoms with Crippen LogP contribution in [0, 0.1) is 11.8 Å². The van der Waals surface area contributed by atoms with Gasteiger partial charge in [-0.25, -0.2) is 9.78 Å². The fourth-order valence-electron chi connectivity index (χ4n) is 2.31. The second-order valence-corrected chi connectivity index (χ2v) is 6.48. The van der Waals surface area contributed by atoms with Crippen molar-refractivity contribution in [2.45, 2.75) is 39.2 Å². The van der Waals surface area contributed by atoms with Crippen molar-refractivity contribution in [3.63, 3.8) is 0 Å². The molecule has 3 rings (SSSR count). The van der Waals surface area contributed by atoms with E-state index in [0.29, 0.717) is 22.7 Å². The van der Waals surface area contributed by atoms with Crippen molar-refractivity contribution in [1.82, 2.24) is 4.98 Å². The zero-order chi connectivity index (χ0) is 14.8. The molecular weight excluding hydrogens is 288 g/mol. The number of carbonyl (C=O) groups excluding carboxylic acids is 2. The van der Waals surface area contributed by atoms with Crippen LogP contribution in [0.3, 0.4) is 0 Å². The van der Waals surface area contributed by atoms with Crippen LogP contribution in [0.5, 0.6) is 0 Å². The van der Waals surface area contributed by atoms with Crippen LogP contribution in [0.2, 0.25) is 0 Å². The van der Waals surface area contributed by atoms with Gasteiger partial charge >= 0.3 is 5.97 Å². The molecule has 0 bridgehead atoms. The van der Waals surface area contributed by atoms with Crippen LogP contribution < -0.4 is 5.32 Å². The van der Waals surface area contributed by atoms with Crippen molar-refractivity contribution >= 4 is 28.3 Å². The molecule has 21 heavy (non-hydrogen) atoms. The molecule has 1 aromatic rings. The van der Waals surface area contributed by atoms with Crippen molar-refractivity contribution in [2.75, 3.05) is 5.32 Å². The lowest BCUT2D eigenvalue weighted by Gasteiger charge is -2.04. The Morgan fingerprint density at radius 3 is 2.62 bits per heavy atom. The highest BCUT2D eigenvalue weighted by molar-refractivity contribution is 7.13. The quantitative estimate of drug-likeness (QED) is 0.648. The predicted octanol–water partition coefficient (Wildman–Crippen LogP) is 2.89. The first-order valence-corrected chi connectivity index (χ1v) is 8.10. The Hall–Kier alpha value is -1.69. The number of nitrogens with one attached hydrogen (secondary N) is 1. The summed E-state index contributed by atoms with van der Waals surface area (Å²) in [5, 5.41) is 4.92. The third-order valence-electron chi connectivity index (χ3n) is 3.58. The molecule has 0 unspecified atom stereocenters. The van der Waals surface area contributed by atoms with E-state index in [1.165, 1.54) is 49.5 Å². The summed E-state index contributed by atoms with van der Waals surface area (Å²) in [5.41, 5.74) is 1.95. The van der Waals surface area contributed by atoms with E-state index >= 15 is 0 Å². The van der Waals surface area contributed by atoms with Crippen LogP contribution >= 0.6 is 11.3 Å². The summed E-state index contributed by atoms with van der Waals surface area (Å²) < 4.78 is 5.25. The van der Waals surface area contributed by atoms with Gasteiger partial charge in [0.25, 0.3) is 0 Å². The zero-order valence-electron chi connectivity index (χ0n) is 11.9.